The summed E-state index contributed by atoms with van der Waals surface area (Å²) in [6, 6.07) is 4.87. The van der Waals surface area contributed by atoms with Gasteiger partial charge in [-0.2, -0.15) is 23.5 Å². The molecule has 0 amide bonds. The topological polar surface area (TPSA) is 54.5 Å². The molecule has 1 heterocycles. The summed E-state index contributed by atoms with van der Waals surface area (Å²) in [5.74, 6) is 0. The molecule has 0 saturated carbocycles. The van der Waals surface area contributed by atoms with Gasteiger partial charge in [0.15, 0.2) is 0 Å². The molecule has 0 fully saturated rings. The van der Waals surface area contributed by atoms with Crippen LogP contribution in [0.4, 0.5) is 13.2 Å². The van der Waals surface area contributed by atoms with Crippen LogP contribution in [0.2, 0.25) is 0 Å². The first kappa shape index (κ1) is 11.1. The van der Waals surface area contributed by atoms with Crippen LogP contribution < -0.4 is 0 Å². The highest BCUT2D eigenvalue weighted by molar-refractivity contribution is 5.46. The minimum Gasteiger partial charge on any atom is -0.223 e. The summed E-state index contributed by atoms with van der Waals surface area (Å²) in [6.45, 7) is 0. The first-order valence-electron chi connectivity index (χ1n) is 4.48. The first-order valence-corrected chi connectivity index (χ1v) is 4.48. The Balaban J connectivity index is 2.58. The molecule has 2 rings (SSSR count). The Morgan fingerprint density at radius 3 is 2.59 bits per heavy atom. The average molecular weight is 238 g/mol. The van der Waals surface area contributed by atoms with Gasteiger partial charge in [-0.1, -0.05) is 0 Å². The van der Waals surface area contributed by atoms with Gasteiger partial charge in [0.25, 0.3) is 0 Å². The number of hydrogen-bond acceptors (Lipinski definition) is 3. The standard InChI is InChI=1S/C10H5F3N4/c11-10(12,13)9-3-8(2-1-7(9)4-14)17-6-15-5-16-17/h1-3,5-6H. The van der Waals surface area contributed by atoms with E-state index in [0.717, 1.165) is 12.1 Å². The lowest BCUT2D eigenvalue weighted by atomic mass is 10.1. The molecule has 0 unspecified atom stereocenters. The Labute approximate surface area is 93.9 Å². The molecule has 0 aliphatic heterocycles. The van der Waals surface area contributed by atoms with Crippen LogP contribution in [0.3, 0.4) is 0 Å². The van der Waals surface area contributed by atoms with Gasteiger partial charge < -0.3 is 0 Å². The normalized spacial score (nSPS) is 11.2. The van der Waals surface area contributed by atoms with Crippen LogP contribution in [0.5, 0.6) is 0 Å². The van der Waals surface area contributed by atoms with E-state index < -0.39 is 17.3 Å². The van der Waals surface area contributed by atoms with Gasteiger partial charge in [-0.15, -0.1) is 0 Å². The Morgan fingerprint density at radius 2 is 2.06 bits per heavy atom. The zero-order valence-electron chi connectivity index (χ0n) is 8.31. The summed E-state index contributed by atoms with van der Waals surface area (Å²) >= 11 is 0. The molecule has 0 saturated heterocycles. The Morgan fingerprint density at radius 1 is 1.29 bits per heavy atom. The maximum absolute atomic E-state index is 12.7. The fraction of sp³-hybridized carbons (Fsp3) is 0.100. The van der Waals surface area contributed by atoms with E-state index in [2.05, 4.69) is 10.1 Å². The van der Waals surface area contributed by atoms with Crippen molar-refractivity contribution in [1.82, 2.24) is 14.8 Å². The summed E-state index contributed by atoms with van der Waals surface area (Å²) in [5, 5.41) is 12.3. The number of halogens is 3. The second-order valence-corrected chi connectivity index (χ2v) is 3.18. The van der Waals surface area contributed by atoms with Crippen LogP contribution in [-0.2, 0) is 6.18 Å². The van der Waals surface area contributed by atoms with Crippen LogP contribution in [0.15, 0.2) is 30.9 Å². The molecule has 0 spiro atoms. The van der Waals surface area contributed by atoms with E-state index in [4.69, 9.17) is 5.26 Å². The molecule has 7 heteroatoms. The molecule has 0 atom stereocenters. The van der Waals surface area contributed by atoms with E-state index in [0.29, 0.717) is 0 Å². The fourth-order valence-corrected chi connectivity index (χ4v) is 1.35. The predicted molar refractivity (Wildman–Crippen MR) is 51.1 cm³/mol. The van der Waals surface area contributed by atoms with E-state index in [9.17, 15) is 13.2 Å². The number of aromatic nitrogens is 3. The van der Waals surface area contributed by atoms with Crippen molar-refractivity contribution in [3.05, 3.63) is 42.0 Å². The second kappa shape index (κ2) is 3.90. The van der Waals surface area contributed by atoms with Crippen LogP contribution in [-0.4, -0.2) is 14.8 Å². The van der Waals surface area contributed by atoms with Gasteiger partial charge in [-0.25, -0.2) is 9.67 Å². The number of hydrogen-bond donors (Lipinski definition) is 0. The number of alkyl halides is 3. The van der Waals surface area contributed by atoms with E-state index in [1.54, 1.807) is 0 Å². The second-order valence-electron chi connectivity index (χ2n) is 3.18. The molecule has 1 aromatic carbocycles. The molecule has 1 aromatic heterocycles. The van der Waals surface area contributed by atoms with Crippen LogP contribution in [0.25, 0.3) is 5.69 Å². The van der Waals surface area contributed by atoms with Crippen molar-refractivity contribution in [3.63, 3.8) is 0 Å². The minimum absolute atomic E-state index is 0.203. The maximum Gasteiger partial charge on any atom is 0.417 e. The number of nitriles is 1. The smallest absolute Gasteiger partial charge is 0.223 e. The van der Waals surface area contributed by atoms with Gasteiger partial charge in [0.2, 0.25) is 0 Å². The summed E-state index contributed by atoms with van der Waals surface area (Å²) in [5.41, 5.74) is -1.19. The van der Waals surface area contributed by atoms with Crippen LogP contribution >= 0.6 is 0 Å². The van der Waals surface area contributed by atoms with Gasteiger partial charge in [0, 0.05) is 0 Å². The zero-order valence-corrected chi connectivity index (χ0v) is 8.31. The Kier molecular flexibility index (Phi) is 2.55. The van der Waals surface area contributed by atoms with Crippen molar-refractivity contribution in [2.75, 3.05) is 0 Å². The third kappa shape index (κ3) is 2.10. The predicted octanol–water partition coefficient (Wildman–Crippen LogP) is 2.16. The van der Waals surface area contributed by atoms with E-state index in [1.807, 2.05) is 0 Å². The molecule has 2 aromatic rings. The highest BCUT2D eigenvalue weighted by Crippen LogP contribution is 2.32. The zero-order chi connectivity index (χ0) is 12.5. The lowest BCUT2D eigenvalue weighted by Crippen LogP contribution is -2.09. The number of nitrogens with zero attached hydrogens (tertiary/aromatic N) is 4. The highest BCUT2D eigenvalue weighted by atomic mass is 19.4. The number of benzene rings is 1. The van der Waals surface area contributed by atoms with Crippen molar-refractivity contribution >= 4 is 0 Å². The van der Waals surface area contributed by atoms with Gasteiger partial charge in [-0.3, -0.25) is 0 Å². The lowest BCUT2D eigenvalue weighted by molar-refractivity contribution is -0.137. The van der Waals surface area contributed by atoms with Crippen LogP contribution in [0.1, 0.15) is 11.1 Å². The van der Waals surface area contributed by atoms with Crippen molar-refractivity contribution in [1.29, 1.82) is 5.26 Å². The largest absolute Gasteiger partial charge is 0.417 e. The quantitative estimate of drug-likeness (QED) is 0.764. The summed E-state index contributed by atoms with van der Waals surface area (Å²) in [4.78, 5) is 3.64. The molecule has 0 aliphatic carbocycles. The first-order chi connectivity index (χ1) is 8.02. The van der Waals surface area contributed by atoms with E-state index in [-0.39, 0.29) is 5.69 Å². The third-order valence-corrected chi connectivity index (χ3v) is 2.11. The van der Waals surface area contributed by atoms with Gasteiger partial charge >= 0.3 is 6.18 Å². The van der Waals surface area contributed by atoms with Crippen LogP contribution in [0, 0.1) is 11.3 Å². The molecular weight excluding hydrogens is 233 g/mol. The van der Waals surface area contributed by atoms with E-state index >= 15 is 0 Å². The monoisotopic (exact) mass is 238 g/mol. The van der Waals surface area contributed by atoms with Crippen molar-refractivity contribution in [3.8, 4) is 11.8 Å². The van der Waals surface area contributed by atoms with Gasteiger partial charge in [-0.05, 0) is 18.2 Å². The highest BCUT2D eigenvalue weighted by Gasteiger charge is 2.34. The lowest BCUT2D eigenvalue weighted by Gasteiger charge is -2.10. The molecule has 4 nitrogen and oxygen atoms in total. The Hall–Kier alpha value is -2.36. The molecule has 0 N–H and O–H groups in total. The van der Waals surface area contributed by atoms with Gasteiger partial charge in [0.05, 0.1) is 22.9 Å². The van der Waals surface area contributed by atoms with Crippen molar-refractivity contribution in [2.45, 2.75) is 6.18 Å². The van der Waals surface area contributed by atoms with Gasteiger partial charge in [0.1, 0.15) is 12.7 Å². The van der Waals surface area contributed by atoms with Crippen molar-refractivity contribution in [2.24, 2.45) is 0 Å². The van der Waals surface area contributed by atoms with E-state index in [1.165, 1.54) is 29.5 Å². The maximum atomic E-state index is 12.7. The molecule has 0 bridgehead atoms. The number of rotatable bonds is 1. The molecular formula is C10H5F3N4. The minimum atomic E-state index is -4.57. The molecule has 17 heavy (non-hydrogen) atoms. The molecule has 0 aliphatic rings. The SMILES string of the molecule is N#Cc1ccc(-n2cncn2)cc1C(F)(F)F. The molecule has 86 valence electrons. The summed E-state index contributed by atoms with van der Waals surface area (Å²) in [6.07, 6.45) is -2.07. The van der Waals surface area contributed by atoms with Crippen molar-refractivity contribution < 1.29 is 13.2 Å². The average Bonchev–Trinajstić information content (AvgIpc) is 2.80. The fourth-order valence-electron chi connectivity index (χ4n) is 1.35. The molecule has 0 radical (unpaired) electrons. The summed E-state index contributed by atoms with van der Waals surface area (Å²) < 4.78 is 39.2. The summed E-state index contributed by atoms with van der Waals surface area (Å²) in [7, 11) is 0. The third-order valence-electron chi connectivity index (χ3n) is 2.11. The Bertz CT molecular complexity index is 566.